The van der Waals surface area contributed by atoms with E-state index in [1.807, 2.05) is 0 Å². The summed E-state index contributed by atoms with van der Waals surface area (Å²) in [6.07, 6.45) is 0. The smallest absolute Gasteiger partial charge is 0.330 e. The first kappa shape index (κ1) is 9.85. The Bertz CT molecular complexity index is 103. The summed E-state index contributed by atoms with van der Waals surface area (Å²) in [6, 6.07) is 0. The van der Waals surface area contributed by atoms with Gasteiger partial charge in [0.25, 0.3) is 0 Å². The summed E-state index contributed by atoms with van der Waals surface area (Å²) >= 11 is 0. The van der Waals surface area contributed by atoms with E-state index in [2.05, 4.69) is 6.58 Å². The van der Waals surface area contributed by atoms with Crippen LogP contribution in [0.1, 0.15) is 6.92 Å². The van der Waals surface area contributed by atoms with E-state index in [9.17, 15) is 4.79 Å². The fraction of sp³-hybridized carbons (Fsp3) is 0.200. The Morgan fingerprint density at radius 3 is 1.88 bits per heavy atom. The van der Waals surface area contributed by atoms with Crippen LogP contribution in [0, 0.1) is 11.8 Å². The van der Waals surface area contributed by atoms with Crippen LogP contribution in [0.3, 0.4) is 0 Å². The van der Waals surface area contributed by atoms with Crippen molar-refractivity contribution >= 4 is 5.97 Å². The number of hydrogen-bond acceptors (Lipinski definition) is 2. The van der Waals surface area contributed by atoms with Gasteiger partial charge in [-0.3, -0.25) is 0 Å². The van der Waals surface area contributed by atoms with Crippen LogP contribution < -0.4 is 0 Å². The third-order valence-corrected chi connectivity index (χ3v) is 0.365. The summed E-state index contributed by atoms with van der Waals surface area (Å²) < 4.78 is 0. The molecule has 0 aromatic heterocycles. The van der Waals surface area contributed by atoms with Gasteiger partial charge >= 0.3 is 5.97 Å². The highest BCUT2D eigenvalue weighted by Gasteiger charge is 1.90. The van der Waals surface area contributed by atoms with Crippen molar-refractivity contribution in [2.45, 2.75) is 6.92 Å². The maximum atomic E-state index is 9.60. The molecular weight excluding hydrogens is 106 g/mol. The number of rotatable bonds is 1. The molecule has 0 aliphatic rings. The molecule has 1 N–H and O–H groups in total. The molecule has 3 heteroatoms. The summed E-state index contributed by atoms with van der Waals surface area (Å²) in [6.45, 7) is 9.35. The lowest BCUT2D eigenvalue weighted by Gasteiger charge is -1.79. The molecule has 0 amide bonds. The van der Waals surface area contributed by atoms with Gasteiger partial charge < -0.3 is 16.9 Å². The maximum Gasteiger partial charge on any atom is 0.330 e. The number of carboxylic acids is 1. The molecule has 0 atom stereocenters. The third kappa shape index (κ3) is 8.83. The fourth-order valence-electron chi connectivity index (χ4n) is 0. The molecule has 0 aliphatic heterocycles. The highest BCUT2D eigenvalue weighted by atomic mass is 16.4. The Labute approximate surface area is 47.9 Å². The lowest BCUT2D eigenvalue weighted by molar-refractivity contribution is -0.132. The molecule has 0 saturated heterocycles. The van der Waals surface area contributed by atoms with Gasteiger partial charge in [0.15, 0.2) is 0 Å². The van der Waals surface area contributed by atoms with Gasteiger partial charge in [-0.1, -0.05) is 6.58 Å². The average Bonchev–Trinajstić information content (AvgIpc) is 1.72. The third-order valence-electron chi connectivity index (χ3n) is 0.365. The molecular formula is C5H6NO2-. The van der Waals surface area contributed by atoms with Crippen molar-refractivity contribution in [3.8, 4) is 0 Å². The van der Waals surface area contributed by atoms with Crippen molar-refractivity contribution in [1.82, 2.24) is 0 Å². The molecule has 44 valence electrons. The first-order valence-electron chi connectivity index (χ1n) is 1.75. The SMILES string of the molecule is C=C(C)C(=O)O.[C-]#N. The van der Waals surface area contributed by atoms with Gasteiger partial charge in [-0.15, -0.1) is 0 Å². The Morgan fingerprint density at radius 1 is 1.75 bits per heavy atom. The zero-order valence-electron chi connectivity index (χ0n) is 4.51. The summed E-state index contributed by atoms with van der Waals surface area (Å²) in [5, 5.41) is 14.1. The zero-order chi connectivity index (χ0) is 7.15. The second-order valence-electron chi connectivity index (χ2n) is 1.09. The Hall–Kier alpha value is -1.30. The highest BCUT2D eigenvalue weighted by Crippen LogP contribution is 1.81. The molecule has 0 saturated carbocycles. The molecule has 0 radical (unpaired) electrons. The van der Waals surface area contributed by atoms with Crippen LogP contribution in [0.25, 0.3) is 0 Å². The molecule has 0 aromatic rings. The number of hydrogen-bond donors (Lipinski definition) is 1. The van der Waals surface area contributed by atoms with Gasteiger partial charge in [-0.2, -0.15) is 0 Å². The average molecular weight is 112 g/mol. The Morgan fingerprint density at radius 2 is 1.88 bits per heavy atom. The monoisotopic (exact) mass is 112 g/mol. The van der Waals surface area contributed by atoms with Crippen molar-refractivity contribution in [3.63, 3.8) is 0 Å². The van der Waals surface area contributed by atoms with E-state index in [1.54, 1.807) is 0 Å². The normalized spacial score (nSPS) is 5.88. The lowest BCUT2D eigenvalue weighted by atomic mass is 10.4. The van der Waals surface area contributed by atoms with Gasteiger partial charge in [-0.25, -0.2) is 4.79 Å². The van der Waals surface area contributed by atoms with Crippen molar-refractivity contribution in [2.24, 2.45) is 0 Å². The predicted molar refractivity (Wildman–Crippen MR) is 27.4 cm³/mol. The van der Waals surface area contributed by atoms with Crippen molar-refractivity contribution in [1.29, 1.82) is 5.26 Å². The van der Waals surface area contributed by atoms with E-state index in [0.717, 1.165) is 0 Å². The van der Waals surface area contributed by atoms with Gasteiger partial charge in [0.2, 0.25) is 0 Å². The number of aliphatic carboxylic acids is 1. The maximum absolute atomic E-state index is 9.60. The van der Waals surface area contributed by atoms with Crippen LogP contribution in [-0.4, -0.2) is 11.1 Å². The Kier molecular flexibility index (Phi) is 7.02. The van der Waals surface area contributed by atoms with E-state index < -0.39 is 5.97 Å². The minimum absolute atomic E-state index is 0.176. The second kappa shape index (κ2) is 5.70. The molecule has 0 unspecified atom stereocenters. The lowest BCUT2D eigenvalue weighted by Crippen LogP contribution is -1.92. The topological polar surface area (TPSA) is 61.1 Å². The molecule has 0 fully saturated rings. The van der Waals surface area contributed by atoms with Crippen LogP contribution in [0.5, 0.6) is 0 Å². The summed E-state index contributed by atoms with van der Waals surface area (Å²) in [5.74, 6) is -0.935. The van der Waals surface area contributed by atoms with Crippen LogP contribution in [-0.2, 0) is 4.79 Å². The van der Waals surface area contributed by atoms with Crippen LogP contribution in [0.15, 0.2) is 12.2 Å². The minimum atomic E-state index is -0.935. The van der Waals surface area contributed by atoms with Gasteiger partial charge in [-0.05, 0) is 6.92 Å². The van der Waals surface area contributed by atoms with Crippen LogP contribution in [0.2, 0.25) is 0 Å². The van der Waals surface area contributed by atoms with E-state index in [1.165, 1.54) is 6.92 Å². The molecule has 0 bridgehead atoms. The predicted octanol–water partition coefficient (Wildman–Crippen LogP) is 0.743. The summed E-state index contributed by atoms with van der Waals surface area (Å²) in [7, 11) is 0. The number of carbonyl (C=O) groups is 1. The molecule has 8 heavy (non-hydrogen) atoms. The molecule has 3 nitrogen and oxygen atoms in total. The van der Waals surface area contributed by atoms with Crippen molar-refractivity contribution in [3.05, 3.63) is 18.7 Å². The largest absolute Gasteiger partial charge is 0.512 e. The molecule has 0 heterocycles. The number of nitrogens with zero attached hydrogens (tertiary/aromatic N) is 1. The Balaban J connectivity index is 0. The zero-order valence-corrected chi connectivity index (χ0v) is 4.51. The molecule has 0 aromatic carbocycles. The van der Waals surface area contributed by atoms with Crippen molar-refractivity contribution < 1.29 is 9.90 Å². The minimum Gasteiger partial charge on any atom is -0.512 e. The van der Waals surface area contributed by atoms with Gasteiger partial charge in [0, 0.05) is 5.57 Å². The first-order valence-corrected chi connectivity index (χ1v) is 1.75. The fourth-order valence-corrected chi connectivity index (χ4v) is 0. The van der Waals surface area contributed by atoms with E-state index in [4.69, 9.17) is 16.9 Å². The van der Waals surface area contributed by atoms with E-state index in [-0.39, 0.29) is 5.57 Å². The van der Waals surface area contributed by atoms with Crippen LogP contribution >= 0.6 is 0 Å². The standard InChI is InChI=1S/C4H6O2.CN/c1-3(2)4(5)6;1-2/h1H2,2H3,(H,5,6);/q;-1. The molecule has 0 spiro atoms. The van der Waals surface area contributed by atoms with Gasteiger partial charge in [0.1, 0.15) is 0 Å². The second-order valence-corrected chi connectivity index (χ2v) is 1.09. The molecule has 0 aliphatic carbocycles. The number of carboxylic acid groups (broad SMARTS) is 1. The molecule has 0 rings (SSSR count). The first-order chi connectivity index (χ1) is 3.64. The van der Waals surface area contributed by atoms with E-state index in [0.29, 0.717) is 0 Å². The highest BCUT2D eigenvalue weighted by molar-refractivity contribution is 5.84. The van der Waals surface area contributed by atoms with Crippen molar-refractivity contribution in [2.75, 3.05) is 0 Å². The van der Waals surface area contributed by atoms with E-state index >= 15 is 0 Å². The van der Waals surface area contributed by atoms with Gasteiger partial charge in [0.05, 0.1) is 0 Å². The summed E-state index contributed by atoms with van der Waals surface area (Å²) in [5.41, 5.74) is 0.176. The quantitative estimate of drug-likeness (QED) is 0.402. The summed E-state index contributed by atoms with van der Waals surface area (Å²) in [4.78, 5) is 9.60. The van der Waals surface area contributed by atoms with Crippen LogP contribution in [0.4, 0.5) is 0 Å².